The highest BCUT2D eigenvalue weighted by atomic mass is 79.9. The Balaban J connectivity index is 3.35. The standard InChI is InChI=1S/C4H4BrN2O/c5-4-2-1-3-6-7(4)8/h1-3H,(H,6,8)/q+1. The second-order valence-corrected chi connectivity index (χ2v) is 2.08. The smallest absolute Gasteiger partial charge is 0.121 e. The molecule has 1 heterocycles. The molecule has 0 saturated carbocycles. The minimum atomic E-state index is 0.486. The molecule has 0 aromatic carbocycles. The van der Waals surface area contributed by atoms with Crippen molar-refractivity contribution in [2.75, 3.05) is 0 Å². The highest BCUT2D eigenvalue weighted by Gasteiger charge is 1.96. The van der Waals surface area contributed by atoms with Crippen LogP contribution in [0.2, 0.25) is 0 Å². The van der Waals surface area contributed by atoms with Crippen LogP contribution in [0.4, 0.5) is 0 Å². The van der Waals surface area contributed by atoms with Gasteiger partial charge in [0.25, 0.3) is 0 Å². The summed E-state index contributed by atoms with van der Waals surface area (Å²) in [5.41, 5.74) is 0. The molecule has 1 aromatic rings. The molecule has 0 aliphatic rings. The molecule has 0 fully saturated rings. The molecule has 1 N–H and O–H groups in total. The van der Waals surface area contributed by atoms with Crippen molar-refractivity contribution in [2.24, 2.45) is 0 Å². The van der Waals surface area contributed by atoms with Crippen molar-refractivity contribution in [1.82, 2.24) is 5.10 Å². The predicted octanol–water partition coefficient (Wildman–Crippen LogP) is 0.692. The van der Waals surface area contributed by atoms with E-state index in [2.05, 4.69) is 21.0 Å². The molecule has 8 heavy (non-hydrogen) atoms. The summed E-state index contributed by atoms with van der Waals surface area (Å²) in [6.45, 7) is 0. The lowest BCUT2D eigenvalue weighted by atomic mass is 10.6. The summed E-state index contributed by atoms with van der Waals surface area (Å²) in [5.74, 6) is 0. The van der Waals surface area contributed by atoms with Gasteiger partial charge in [0.2, 0.25) is 0 Å². The zero-order chi connectivity index (χ0) is 5.98. The lowest BCUT2D eigenvalue weighted by Crippen LogP contribution is -2.19. The minimum Gasteiger partial charge on any atom is -0.121 e. The fourth-order valence-corrected chi connectivity index (χ4v) is 0.623. The van der Waals surface area contributed by atoms with Crippen molar-refractivity contribution >= 4 is 15.9 Å². The number of rotatable bonds is 0. The molecule has 0 aliphatic heterocycles. The summed E-state index contributed by atoms with van der Waals surface area (Å²) in [5, 5.41) is 2.41. The zero-order valence-corrected chi connectivity index (χ0v) is 5.55. The number of H-pyrrole nitrogens is 1. The molecule has 42 valence electrons. The van der Waals surface area contributed by atoms with Crippen LogP contribution in [0, 0.1) is 4.91 Å². The molecule has 0 aliphatic carbocycles. The fraction of sp³-hybridized carbons (Fsp3) is 0. The van der Waals surface area contributed by atoms with E-state index in [1.165, 1.54) is 0 Å². The average Bonchev–Trinajstić information content (AvgIpc) is 1.77. The second-order valence-electron chi connectivity index (χ2n) is 1.27. The van der Waals surface area contributed by atoms with E-state index >= 15 is 0 Å². The fourth-order valence-electron chi connectivity index (χ4n) is 0.368. The van der Waals surface area contributed by atoms with Gasteiger partial charge in [-0.25, -0.2) is 0 Å². The van der Waals surface area contributed by atoms with E-state index in [-0.39, 0.29) is 0 Å². The highest BCUT2D eigenvalue weighted by Crippen LogP contribution is 1.95. The molecule has 3 nitrogen and oxygen atoms in total. The summed E-state index contributed by atoms with van der Waals surface area (Å²) in [4.78, 5) is 10.4. The van der Waals surface area contributed by atoms with Gasteiger partial charge in [-0.3, -0.25) is 0 Å². The van der Waals surface area contributed by atoms with Gasteiger partial charge in [-0.05, 0) is 6.07 Å². The van der Waals surface area contributed by atoms with Gasteiger partial charge in [0.05, 0.1) is 11.1 Å². The summed E-state index contributed by atoms with van der Waals surface area (Å²) in [6, 6.07) is 3.39. The third kappa shape index (κ3) is 0.949. The van der Waals surface area contributed by atoms with Crippen molar-refractivity contribution in [3.8, 4) is 0 Å². The quantitative estimate of drug-likeness (QED) is 0.580. The van der Waals surface area contributed by atoms with Gasteiger partial charge in [-0.1, -0.05) is 0 Å². The molecule has 0 spiro atoms. The van der Waals surface area contributed by atoms with Gasteiger partial charge in [-0.2, -0.15) is 0 Å². The van der Waals surface area contributed by atoms with Crippen LogP contribution in [0.3, 0.4) is 0 Å². The Bertz CT molecular complexity index is 231. The molecule has 0 saturated heterocycles. The Hall–Kier alpha value is -0.640. The number of hydrogen-bond acceptors (Lipinski definition) is 1. The highest BCUT2D eigenvalue weighted by molar-refractivity contribution is 9.10. The first kappa shape index (κ1) is 5.50. The molecule has 1 aromatic heterocycles. The van der Waals surface area contributed by atoms with Crippen LogP contribution >= 0.6 is 15.9 Å². The summed E-state index contributed by atoms with van der Waals surface area (Å²) >= 11 is 3.01. The van der Waals surface area contributed by atoms with E-state index in [0.717, 1.165) is 0 Å². The summed E-state index contributed by atoms with van der Waals surface area (Å²) in [6.07, 6.45) is 1.55. The topological polar surface area (TPSA) is 38.8 Å². The van der Waals surface area contributed by atoms with Gasteiger partial charge in [-0.15, -0.1) is 5.10 Å². The first-order valence-corrected chi connectivity index (χ1v) is 2.86. The monoisotopic (exact) mass is 175 g/mol. The number of nitrogens with zero attached hydrogens (tertiary/aromatic N) is 1. The molecule has 0 atom stereocenters. The number of aromatic nitrogens is 2. The molecule has 1 rings (SSSR count). The number of hydrogen-bond donors (Lipinski definition) is 1. The minimum absolute atomic E-state index is 0.486. The number of aromatic amines is 1. The molecular weight excluding hydrogens is 172 g/mol. The van der Waals surface area contributed by atoms with Crippen molar-refractivity contribution in [3.05, 3.63) is 27.8 Å². The summed E-state index contributed by atoms with van der Waals surface area (Å²) < 4.78 is 1.11. The van der Waals surface area contributed by atoms with E-state index in [0.29, 0.717) is 9.15 Å². The number of halogens is 1. The molecule has 0 bridgehead atoms. The first-order chi connectivity index (χ1) is 3.80. The van der Waals surface area contributed by atoms with Crippen LogP contribution in [0.25, 0.3) is 0 Å². The average molecular weight is 176 g/mol. The zero-order valence-electron chi connectivity index (χ0n) is 3.97. The van der Waals surface area contributed by atoms with Crippen LogP contribution in [0.15, 0.2) is 22.9 Å². The van der Waals surface area contributed by atoms with Gasteiger partial charge < -0.3 is 0 Å². The molecule has 4 heteroatoms. The maximum Gasteiger partial charge on any atom is 0.333 e. The van der Waals surface area contributed by atoms with Gasteiger partial charge >= 0.3 is 4.60 Å². The van der Waals surface area contributed by atoms with Crippen LogP contribution < -0.4 is 4.54 Å². The third-order valence-electron chi connectivity index (χ3n) is 0.716. The SMILES string of the molecule is O=[n+]1[nH]cccc1Br. The third-order valence-corrected chi connectivity index (χ3v) is 1.30. The maximum atomic E-state index is 10.4. The normalized spacial score (nSPS) is 9.12. The van der Waals surface area contributed by atoms with Crippen molar-refractivity contribution in [1.29, 1.82) is 0 Å². The van der Waals surface area contributed by atoms with Crippen LogP contribution in [0.5, 0.6) is 0 Å². The van der Waals surface area contributed by atoms with Gasteiger partial charge in [0, 0.05) is 22.0 Å². The van der Waals surface area contributed by atoms with Gasteiger partial charge in [0.15, 0.2) is 4.54 Å². The Morgan fingerprint density at radius 2 is 2.50 bits per heavy atom. The maximum absolute atomic E-state index is 10.4. The van der Waals surface area contributed by atoms with E-state index in [1.807, 2.05) is 0 Å². The Labute approximate surface area is 54.1 Å². The van der Waals surface area contributed by atoms with Crippen LogP contribution in [-0.2, 0) is 0 Å². The summed E-state index contributed by atoms with van der Waals surface area (Å²) in [7, 11) is 0. The lowest BCUT2D eigenvalue weighted by Gasteiger charge is -1.71. The van der Waals surface area contributed by atoms with Crippen LogP contribution in [0.1, 0.15) is 0 Å². The molecule has 0 amide bonds. The molecule has 0 radical (unpaired) electrons. The Morgan fingerprint density at radius 3 is 2.88 bits per heavy atom. The van der Waals surface area contributed by atoms with E-state index in [9.17, 15) is 4.91 Å². The lowest BCUT2D eigenvalue weighted by molar-refractivity contribution is -0.576. The predicted molar refractivity (Wildman–Crippen MR) is 31.9 cm³/mol. The van der Waals surface area contributed by atoms with Crippen molar-refractivity contribution < 1.29 is 4.54 Å². The number of nitrogens with one attached hydrogen (secondary N) is 1. The van der Waals surface area contributed by atoms with Crippen LogP contribution in [-0.4, -0.2) is 5.10 Å². The molecular formula is C4H4BrN2O+. The van der Waals surface area contributed by atoms with E-state index < -0.39 is 0 Å². The van der Waals surface area contributed by atoms with E-state index in [1.54, 1.807) is 18.3 Å². The van der Waals surface area contributed by atoms with Crippen molar-refractivity contribution in [3.63, 3.8) is 0 Å². The largest absolute Gasteiger partial charge is 0.333 e. The first-order valence-electron chi connectivity index (χ1n) is 2.06. The Kier molecular flexibility index (Phi) is 1.43. The Morgan fingerprint density at radius 1 is 1.75 bits per heavy atom. The van der Waals surface area contributed by atoms with Crippen molar-refractivity contribution in [2.45, 2.75) is 0 Å². The second kappa shape index (κ2) is 2.09. The van der Waals surface area contributed by atoms with E-state index in [4.69, 9.17) is 0 Å². The molecule has 0 unspecified atom stereocenters. The van der Waals surface area contributed by atoms with Gasteiger partial charge in [0.1, 0.15) is 0 Å².